The first-order valence-corrected chi connectivity index (χ1v) is 10.5. The number of anilines is 1. The largest absolute Gasteiger partial charge is 0.459 e. The van der Waals surface area contributed by atoms with E-state index in [1.54, 1.807) is 29.3 Å². The molecular weight excluding hydrogens is 433 g/mol. The highest BCUT2D eigenvalue weighted by molar-refractivity contribution is 7.80. The number of halogens is 2. The minimum absolute atomic E-state index is 0.308. The first-order valence-electron chi connectivity index (χ1n) is 9.72. The molecular formula is C24H17ClFN3OS. The van der Waals surface area contributed by atoms with Crippen LogP contribution in [0.4, 0.5) is 10.1 Å². The van der Waals surface area contributed by atoms with Gasteiger partial charge in [-0.1, -0.05) is 29.8 Å². The molecule has 7 heteroatoms. The number of benzene rings is 2. The highest BCUT2D eigenvalue weighted by Gasteiger charge is 2.43. The molecule has 1 fully saturated rings. The van der Waals surface area contributed by atoms with Crippen LogP contribution in [0.25, 0.3) is 11.3 Å². The molecule has 0 saturated carbocycles. The summed E-state index contributed by atoms with van der Waals surface area (Å²) in [7, 11) is 0. The summed E-state index contributed by atoms with van der Waals surface area (Å²) in [5, 5.41) is 4.37. The second-order valence-corrected chi connectivity index (χ2v) is 7.98. The monoisotopic (exact) mass is 449 g/mol. The SMILES string of the molecule is Fc1ccccc1N1C(=S)N[C@@H](c2ccccn2)[C@@H]1c1ccc(-c2ccc(Cl)cc2)o1. The van der Waals surface area contributed by atoms with Gasteiger partial charge in [0, 0.05) is 16.8 Å². The van der Waals surface area contributed by atoms with Crippen LogP contribution in [0.5, 0.6) is 0 Å². The molecule has 1 aliphatic rings. The Morgan fingerprint density at radius 3 is 2.48 bits per heavy atom. The number of hydrogen-bond acceptors (Lipinski definition) is 3. The average Bonchev–Trinajstić information content (AvgIpc) is 3.40. The van der Waals surface area contributed by atoms with Crippen LogP contribution >= 0.6 is 23.8 Å². The van der Waals surface area contributed by atoms with Crippen molar-refractivity contribution in [2.45, 2.75) is 12.1 Å². The molecule has 1 saturated heterocycles. The molecule has 1 aliphatic heterocycles. The maximum atomic E-state index is 14.8. The van der Waals surface area contributed by atoms with Crippen molar-refractivity contribution in [2.24, 2.45) is 0 Å². The van der Waals surface area contributed by atoms with Crippen molar-refractivity contribution in [3.63, 3.8) is 0 Å². The zero-order chi connectivity index (χ0) is 21.4. The van der Waals surface area contributed by atoms with Crippen LogP contribution in [-0.2, 0) is 0 Å². The van der Waals surface area contributed by atoms with Crippen molar-refractivity contribution in [3.8, 4) is 11.3 Å². The molecule has 0 aliphatic carbocycles. The van der Waals surface area contributed by atoms with E-state index in [9.17, 15) is 4.39 Å². The Kier molecular flexibility index (Phi) is 5.18. The topological polar surface area (TPSA) is 41.3 Å². The standard InChI is InChI=1S/C24H17ClFN3OS/c25-16-10-8-15(9-11-16)20-12-13-21(30-20)23-22(18-6-3-4-14-27-18)28-24(31)29(23)19-7-2-1-5-17(19)26/h1-14,22-23H,(H,28,31)/t22-,23-/m0/s1. The van der Waals surface area contributed by atoms with Crippen molar-refractivity contribution in [2.75, 3.05) is 4.90 Å². The Hall–Kier alpha value is -3.22. The number of rotatable bonds is 4. The summed E-state index contributed by atoms with van der Waals surface area (Å²) in [5.74, 6) is 0.983. The molecule has 2 atom stereocenters. The minimum Gasteiger partial charge on any atom is -0.459 e. The Balaban J connectivity index is 1.61. The van der Waals surface area contributed by atoms with E-state index in [1.807, 2.05) is 54.6 Å². The first-order chi connectivity index (χ1) is 15.1. The number of pyridine rings is 1. The summed E-state index contributed by atoms with van der Waals surface area (Å²) in [4.78, 5) is 6.26. The lowest BCUT2D eigenvalue weighted by atomic mass is 10.0. The fourth-order valence-electron chi connectivity index (χ4n) is 3.83. The van der Waals surface area contributed by atoms with Gasteiger partial charge in [-0.3, -0.25) is 4.98 Å². The van der Waals surface area contributed by atoms with E-state index in [0.29, 0.717) is 27.3 Å². The van der Waals surface area contributed by atoms with Gasteiger partial charge >= 0.3 is 0 Å². The van der Waals surface area contributed by atoms with E-state index >= 15 is 0 Å². The van der Waals surface area contributed by atoms with Gasteiger partial charge in [0.05, 0.1) is 17.4 Å². The molecule has 2 aromatic heterocycles. The number of aromatic nitrogens is 1. The molecule has 0 amide bonds. The van der Waals surface area contributed by atoms with Gasteiger partial charge in [0.25, 0.3) is 0 Å². The summed E-state index contributed by atoms with van der Waals surface area (Å²) in [6.45, 7) is 0. The van der Waals surface area contributed by atoms with Crippen LogP contribution in [0.1, 0.15) is 23.5 Å². The zero-order valence-corrected chi connectivity index (χ0v) is 17.8. The molecule has 2 aromatic carbocycles. The number of furan rings is 1. The molecule has 5 rings (SSSR count). The normalized spacial score (nSPS) is 18.3. The third-order valence-corrected chi connectivity index (χ3v) is 5.82. The van der Waals surface area contributed by atoms with E-state index in [2.05, 4.69) is 10.3 Å². The number of thiocarbonyl (C=S) groups is 1. The summed E-state index contributed by atoms with van der Waals surface area (Å²) in [6.07, 6.45) is 1.73. The van der Waals surface area contributed by atoms with Gasteiger partial charge in [-0.25, -0.2) is 4.39 Å². The maximum Gasteiger partial charge on any atom is 0.174 e. The van der Waals surface area contributed by atoms with E-state index in [-0.39, 0.29) is 11.9 Å². The molecule has 4 nitrogen and oxygen atoms in total. The molecule has 154 valence electrons. The fraction of sp³-hybridized carbons (Fsp3) is 0.0833. The molecule has 0 bridgehead atoms. The smallest absolute Gasteiger partial charge is 0.174 e. The van der Waals surface area contributed by atoms with Gasteiger partial charge in [-0.2, -0.15) is 0 Å². The zero-order valence-electron chi connectivity index (χ0n) is 16.2. The highest BCUT2D eigenvalue weighted by atomic mass is 35.5. The molecule has 4 aromatic rings. The summed E-state index contributed by atoms with van der Waals surface area (Å²) >= 11 is 11.6. The Morgan fingerprint density at radius 1 is 0.968 bits per heavy atom. The van der Waals surface area contributed by atoms with Crippen LogP contribution in [0.3, 0.4) is 0 Å². The van der Waals surface area contributed by atoms with Crippen LogP contribution in [0, 0.1) is 5.82 Å². The number of para-hydroxylation sites is 1. The lowest BCUT2D eigenvalue weighted by molar-refractivity contribution is 0.438. The van der Waals surface area contributed by atoms with Crippen molar-refractivity contribution < 1.29 is 8.81 Å². The van der Waals surface area contributed by atoms with Crippen molar-refractivity contribution in [1.29, 1.82) is 0 Å². The lowest BCUT2D eigenvalue weighted by Crippen LogP contribution is -2.30. The van der Waals surface area contributed by atoms with E-state index in [0.717, 1.165) is 11.3 Å². The van der Waals surface area contributed by atoms with Gasteiger partial charge in [-0.15, -0.1) is 0 Å². The summed E-state index contributed by atoms with van der Waals surface area (Å²) in [6, 6.07) is 22.7. The van der Waals surface area contributed by atoms with E-state index in [1.165, 1.54) is 6.07 Å². The number of nitrogens with zero attached hydrogens (tertiary/aromatic N) is 2. The predicted molar refractivity (Wildman–Crippen MR) is 123 cm³/mol. The van der Waals surface area contributed by atoms with Crippen molar-refractivity contribution in [3.05, 3.63) is 107 Å². The van der Waals surface area contributed by atoms with Crippen LogP contribution in [-0.4, -0.2) is 10.1 Å². The Bertz CT molecular complexity index is 1230. The summed E-state index contributed by atoms with van der Waals surface area (Å²) in [5.41, 5.74) is 2.07. The number of nitrogens with one attached hydrogen (secondary N) is 1. The minimum atomic E-state index is -0.416. The Labute approximate surface area is 189 Å². The van der Waals surface area contributed by atoms with E-state index < -0.39 is 6.04 Å². The fourth-order valence-corrected chi connectivity index (χ4v) is 4.30. The van der Waals surface area contributed by atoms with Gasteiger partial charge in [-0.05, 0) is 72.9 Å². The molecule has 1 N–H and O–H groups in total. The van der Waals surface area contributed by atoms with Crippen LogP contribution in [0.15, 0.2) is 89.5 Å². The van der Waals surface area contributed by atoms with Crippen LogP contribution < -0.4 is 10.2 Å². The first kappa shape index (κ1) is 19.7. The number of hydrogen-bond donors (Lipinski definition) is 1. The van der Waals surface area contributed by atoms with Gasteiger partial charge in [0.2, 0.25) is 0 Å². The second-order valence-electron chi connectivity index (χ2n) is 7.16. The Morgan fingerprint density at radius 2 is 1.74 bits per heavy atom. The van der Waals surface area contributed by atoms with Gasteiger partial charge in [0.1, 0.15) is 23.4 Å². The lowest BCUT2D eigenvalue weighted by Gasteiger charge is -2.26. The summed E-state index contributed by atoms with van der Waals surface area (Å²) < 4.78 is 21.0. The van der Waals surface area contributed by atoms with Crippen molar-refractivity contribution >= 4 is 34.6 Å². The van der Waals surface area contributed by atoms with Crippen LogP contribution in [0.2, 0.25) is 5.02 Å². The third-order valence-electron chi connectivity index (χ3n) is 5.26. The molecule has 31 heavy (non-hydrogen) atoms. The highest BCUT2D eigenvalue weighted by Crippen LogP contribution is 2.43. The third kappa shape index (κ3) is 3.69. The van der Waals surface area contributed by atoms with E-state index in [4.69, 9.17) is 28.2 Å². The predicted octanol–water partition coefficient (Wildman–Crippen LogP) is 6.31. The maximum absolute atomic E-state index is 14.8. The molecule has 3 heterocycles. The average molecular weight is 450 g/mol. The molecule has 0 spiro atoms. The molecule has 0 radical (unpaired) electrons. The van der Waals surface area contributed by atoms with Gasteiger partial charge in [0.15, 0.2) is 5.11 Å². The van der Waals surface area contributed by atoms with Gasteiger partial charge < -0.3 is 14.6 Å². The quantitative estimate of drug-likeness (QED) is 0.370. The second kappa shape index (κ2) is 8.13. The molecule has 0 unspecified atom stereocenters. The van der Waals surface area contributed by atoms with Crippen molar-refractivity contribution in [1.82, 2.24) is 10.3 Å².